The van der Waals surface area contributed by atoms with E-state index in [1.807, 2.05) is 4.90 Å². The zero-order valence-corrected chi connectivity index (χ0v) is 10.3. The van der Waals surface area contributed by atoms with E-state index in [1.165, 1.54) is 0 Å². The largest absolute Gasteiger partial charge is 0.464 e. The molecule has 2 unspecified atom stereocenters. The van der Waals surface area contributed by atoms with Gasteiger partial charge in [0.15, 0.2) is 0 Å². The van der Waals surface area contributed by atoms with Gasteiger partial charge >= 0.3 is 5.97 Å². The third-order valence-corrected chi connectivity index (χ3v) is 3.32. The molecule has 17 heavy (non-hydrogen) atoms. The highest BCUT2D eigenvalue weighted by Crippen LogP contribution is 2.18. The number of cyclic esters (lactones) is 1. The summed E-state index contributed by atoms with van der Waals surface area (Å²) in [6.45, 7) is 2.59. The van der Waals surface area contributed by atoms with E-state index in [-0.39, 0.29) is 24.0 Å². The fraction of sp³-hybridized carbons (Fsp3) is 0.818. The highest BCUT2D eigenvalue weighted by atomic mass is 16.5. The van der Waals surface area contributed by atoms with Gasteiger partial charge in [0, 0.05) is 40.2 Å². The number of nitrogens with one attached hydrogen (secondary N) is 1. The molecule has 0 saturated carbocycles. The molecule has 2 aliphatic heterocycles. The summed E-state index contributed by atoms with van der Waals surface area (Å²) in [5.74, 6) is -0.152. The Morgan fingerprint density at radius 2 is 2.29 bits per heavy atom. The monoisotopic (exact) mass is 241 g/mol. The van der Waals surface area contributed by atoms with Crippen molar-refractivity contribution < 1.29 is 14.3 Å². The van der Waals surface area contributed by atoms with Gasteiger partial charge in [-0.05, 0) is 0 Å². The molecule has 0 radical (unpaired) electrons. The molecule has 0 aromatic rings. The topological polar surface area (TPSA) is 61.9 Å². The van der Waals surface area contributed by atoms with Crippen molar-refractivity contribution in [3.63, 3.8) is 0 Å². The van der Waals surface area contributed by atoms with E-state index in [0.29, 0.717) is 26.1 Å². The first kappa shape index (κ1) is 12.3. The van der Waals surface area contributed by atoms with Crippen LogP contribution in [-0.4, -0.2) is 74.1 Å². The van der Waals surface area contributed by atoms with Gasteiger partial charge in [0.05, 0.1) is 6.61 Å². The van der Waals surface area contributed by atoms with Crippen LogP contribution in [-0.2, 0) is 14.3 Å². The summed E-state index contributed by atoms with van der Waals surface area (Å²) in [5, 5.41) is 3.20. The number of ether oxygens (including phenoxy) is 1. The first-order chi connectivity index (χ1) is 8.11. The number of rotatable bonds is 2. The van der Waals surface area contributed by atoms with Crippen LogP contribution < -0.4 is 5.32 Å². The number of hydrogen-bond acceptors (Lipinski definition) is 5. The molecule has 0 aromatic heterocycles. The molecule has 0 aliphatic carbocycles. The van der Waals surface area contributed by atoms with Crippen LogP contribution in [0.4, 0.5) is 0 Å². The van der Waals surface area contributed by atoms with Crippen LogP contribution in [0, 0.1) is 0 Å². The quantitative estimate of drug-likeness (QED) is 0.607. The summed E-state index contributed by atoms with van der Waals surface area (Å²) in [6.07, 6.45) is 0.691. The Balaban J connectivity index is 2.11. The van der Waals surface area contributed by atoms with Gasteiger partial charge in [-0.25, -0.2) is 0 Å². The lowest BCUT2D eigenvalue weighted by atomic mass is 10.1. The van der Waals surface area contributed by atoms with E-state index in [0.717, 1.165) is 6.54 Å². The van der Waals surface area contributed by atoms with Gasteiger partial charge in [0.2, 0.25) is 5.91 Å². The van der Waals surface area contributed by atoms with Crippen molar-refractivity contribution in [2.45, 2.75) is 18.5 Å². The zero-order valence-electron chi connectivity index (χ0n) is 10.3. The molecule has 0 bridgehead atoms. The average Bonchev–Trinajstić information content (AvgIpc) is 2.74. The van der Waals surface area contributed by atoms with Crippen LogP contribution in [0.3, 0.4) is 0 Å². The fourth-order valence-electron chi connectivity index (χ4n) is 2.41. The van der Waals surface area contributed by atoms with Crippen LogP contribution in [0.15, 0.2) is 0 Å². The molecule has 96 valence electrons. The predicted molar refractivity (Wildman–Crippen MR) is 61.4 cm³/mol. The Morgan fingerprint density at radius 1 is 1.53 bits per heavy atom. The van der Waals surface area contributed by atoms with Crippen LogP contribution in [0.25, 0.3) is 0 Å². The number of carbonyl (C=O) groups excluding carboxylic acids is 2. The molecule has 2 rings (SSSR count). The van der Waals surface area contributed by atoms with Gasteiger partial charge in [-0.2, -0.15) is 0 Å². The Hall–Kier alpha value is -1.14. The van der Waals surface area contributed by atoms with Crippen molar-refractivity contribution >= 4 is 11.9 Å². The van der Waals surface area contributed by atoms with E-state index in [9.17, 15) is 9.59 Å². The zero-order chi connectivity index (χ0) is 12.4. The highest BCUT2D eigenvalue weighted by Gasteiger charge is 2.40. The minimum atomic E-state index is -0.255. The van der Waals surface area contributed by atoms with Gasteiger partial charge in [-0.1, -0.05) is 0 Å². The molecule has 0 spiro atoms. The number of amides is 1. The lowest BCUT2D eigenvalue weighted by molar-refractivity contribution is -0.146. The van der Waals surface area contributed by atoms with Crippen molar-refractivity contribution in [1.29, 1.82) is 0 Å². The lowest BCUT2D eigenvalue weighted by Crippen LogP contribution is -2.61. The Labute approximate surface area is 101 Å². The summed E-state index contributed by atoms with van der Waals surface area (Å²) < 4.78 is 4.98. The van der Waals surface area contributed by atoms with E-state index >= 15 is 0 Å². The molecule has 0 aromatic carbocycles. The van der Waals surface area contributed by atoms with Crippen molar-refractivity contribution in [1.82, 2.24) is 15.1 Å². The number of hydrogen-bond donors (Lipinski definition) is 1. The molecule has 2 heterocycles. The van der Waals surface area contributed by atoms with Crippen molar-refractivity contribution in [3.8, 4) is 0 Å². The summed E-state index contributed by atoms with van der Waals surface area (Å²) in [4.78, 5) is 27.2. The minimum absolute atomic E-state index is 0.0388. The molecule has 2 aliphatic rings. The van der Waals surface area contributed by atoms with Crippen LogP contribution >= 0.6 is 0 Å². The predicted octanol–water partition coefficient (Wildman–Crippen LogP) is -1.34. The number of nitrogens with zero attached hydrogens (tertiary/aromatic N) is 2. The van der Waals surface area contributed by atoms with E-state index in [1.54, 1.807) is 19.0 Å². The Morgan fingerprint density at radius 3 is 2.88 bits per heavy atom. The summed E-state index contributed by atoms with van der Waals surface area (Å²) >= 11 is 0. The van der Waals surface area contributed by atoms with Crippen molar-refractivity contribution in [2.75, 3.05) is 40.3 Å². The Bertz CT molecular complexity index is 319. The molecule has 6 heteroatoms. The van der Waals surface area contributed by atoms with E-state index < -0.39 is 0 Å². The molecule has 2 fully saturated rings. The van der Waals surface area contributed by atoms with E-state index in [4.69, 9.17) is 4.74 Å². The maximum atomic E-state index is 12.1. The molecular weight excluding hydrogens is 222 g/mol. The van der Waals surface area contributed by atoms with Crippen molar-refractivity contribution in [3.05, 3.63) is 0 Å². The second-order valence-corrected chi connectivity index (χ2v) is 4.66. The number of likely N-dealkylation sites (N-methyl/N-ethyl adjacent to an activating group) is 1. The fourth-order valence-corrected chi connectivity index (χ4v) is 2.41. The number of piperazine rings is 1. The Kier molecular flexibility index (Phi) is 3.63. The molecule has 2 atom stereocenters. The second kappa shape index (κ2) is 5.01. The minimum Gasteiger partial charge on any atom is -0.464 e. The van der Waals surface area contributed by atoms with Crippen LogP contribution in [0.1, 0.15) is 6.42 Å². The first-order valence-electron chi connectivity index (χ1n) is 5.95. The van der Waals surface area contributed by atoms with Crippen LogP contribution in [0.5, 0.6) is 0 Å². The molecule has 1 N–H and O–H groups in total. The van der Waals surface area contributed by atoms with Gasteiger partial charge in [0.1, 0.15) is 12.1 Å². The number of esters is 1. The van der Waals surface area contributed by atoms with E-state index in [2.05, 4.69) is 5.32 Å². The summed E-state index contributed by atoms with van der Waals surface area (Å²) in [6, 6.07) is -0.500. The summed E-state index contributed by atoms with van der Waals surface area (Å²) in [7, 11) is 3.48. The second-order valence-electron chi connectivity index (χ2n) is 4.66. The standard InChI is InChI=1S/C11H19N3O3/c1-13(2)10(15)9-7-12-4-5-14(9)8-3-6-17-11(8)16/h8-9,12H,3-7H2,1-2H3. The van der Waals surface area contributed by atoms with Gasteiger partial charge < -0.3 is 15.0 Å². The third-order valence-electron chi connectivity index (χ3n) is 3.32. The highest BCUT2D eigenvalue weighted by molar-refractivity contribution is 5.84. The normalized spacial score (nSPS) is 30.1. The average molecular weight is 241 g/mol. The van der Waals surface area contributed by atoms with Crippen LogP contribution in [0.2, 0.25) is 0 Å². The number of carbonyl (C=O) groups is 2. The van der Waals surface area contributed by atoms with Gasteiger partial charge in [-0.3, -0.25) is 14.5 Å². The first-order valence-corrected chi connectivity index (χ1v) is 5.95. The maximum Gasteiger partial charge on any atom is 0.323 e. The molecule has 2 saturated heterocycles. The molecule has 6 nitrogen and oxygen atoms in total. The molecule has 1 amide bonds. The lowest BCUT2D eigenvalue weighted by Gasteiger charge is -2.38. The SMILES string of the molecule is CN(C)C(=O)C1CNCCN1C1CCOC1=O. The maximum absolute atomic E-state index is 12.1. The molecular formula is C11H19N3O3. The third kappa shape index (κ3) is 2.42. The van der Waals surface area contributed by atoms with Crippen molar-refractivity contribution in [2.24, 2.45) is 0 Å². The summed E-state index contributed by atoms with van der Waals surface area (Å²) in [5.41, 5.74) is 0. The smallest absolute Gasteiger partial charge is 0.323 e. The van der Waals surface area contributed by atoms with Gasteiger partial charge in [-0.15, -0.1) is 0 Å². The van der Waals surface area contributed by atoms with Gasteiger partial charge in [0.25, 0.3) is 0 Å².